The van der Waals surface area contributed by atoms with Crippen molar-refractivity contribution in [1.82, 2.24) is 10.2 Å². The highest BCUT2D eigenvalue weighted by Gasteiger charge is 2.37. The van der Waals surface area contributed by atoms with E-state index in [2.05, 4.69) is 19.2 Å². The molecule has 0 unspecified atom stereocenters. The van der Waals surface area contributed by atoms with Crippen LogP contribution in [0.4, 0.5) is 0 Å². The Morgan fingerprint density at radius 2 is 2.09 bits per heavy atom. The summed E-state index contributed by atoms with van der Waals surface area (Å²) in [4.78, 5) is 25.8. The predicted molar refractivity (Wildman–Crippen MR) is 89.2 cm³/mol. The normalized spacial score (nSPS) is 20.7. The second-order valence-electron chi connectivity index (χ2n) is 6.54. The Labute approximate surface area is 138 Å². The molecule has 0 spiro atoms. The van der Waals surface area contributed by atoms with Gasteiger partial charge in [0.15, 0.2) is 0 Å². The van der Waals surface area contributed by atoms with Gasteiger partial charge < -0.3 is 15.0 Å². The van der Waals surface area contributed by atoms with E-state index < -0.39 is 0 Å². The molecule has 0 bridgehead atoms. The Bertz CT molecular complexity index is 571. The van der Waals surface area contributed by atoms with Crippen LogP contribution in [-0.4, -0.2) is 43.0 Å². The fraction of sp³-hybridized carbons (Fsp3) is 0.556. The average Bonchev–Trinajstić information content (AvgIpc) is 2.91. The topological polar surface area (TPSA) is 58.6 Å². The molecule has 0 aliphatic carbocycles. The molecular weight excluding hydrogens is 292 g/mol. The maximum atomic E-state index is 12.6. The van der Waals surface area contributed by atoms with Gasteiger partial charge in [-0.05, 0) is 23.6 Å². The van der Waals surface area contributed by atoms with Crippen molar-refractivity contribution in [2.45, 2.75) is 33.2 Å². The number of likely N-dealkylation sites (tertiary alicyclic amines) is 1. The number of benzene rings is 1. The number of hydrogen-bond acceptors (Lipinski definition) is 3. The van der Waals surface area contributed by atoms with E-state index in [-0.39, 0.29) is 17.9 Å². The summed E-state index contributed by atoms with van der Waals surface area (Å²) in [6.07, 6.45) is 0.356. The van der Waals surface area contributed by atoms with Gasteiger partial charge in [0.25, 0.3) is 0 Å². The smallest absolute Gasteiger partial charge is 0.227 e. The van der Waals surface area contributed by atoms with Gasteiger partial charge in [0, 0.05) is 25.9 Å². The summed E-state index contributed by atoms with van der Waals surface area (Å²) in [5.74, 6) is 1.53. The van der Waals surface area contributed by atoms with Crippen LogP contribution in [0.5, 0.6) is 5.75 Å². The van der Waals surface area contributed by atoms with Gasteiger partial charge in [-0.15, -0.1) is 0 Å². The molecule has 1 fully saturated rings. The third kappa shape index (κ3) is 4.47. The summed E-state index contributed by atoms with van der Waals surface area (Å²) >= 11 is 0. The minimum Gasteiger partial charge on any atom is -0.497 e. The number of nitrogens with one attached hydrogen (secondary N) is 1. The predicted octanol–water partition coefficient (Wildman–Crippen LogP) is 1.86. The lowest BCUT2D eigenvalue weighted by Gasteiger charge is -2.21. The number of ether oxygens (including phenoxy) is 1. The van der Waals surface area contributed by atoms with E-state index in [1.165, 1.54) is 6.92 Å². The molecule has 23 heavy (non-hydrogen) atoms. The van der Waals surface area contributed by atoms with E-state index in [0.29, 0.717) is 31.3 Å². The number of nitrogens with zero attached hydrogens (tertiary/aromatic N) is 1. The number of methoxy groups -OCH3 is 1. The second-order valence-corrected chi connectivity index (χ2v) is 6.54. The molecule has 2 amide bonds. The first-order valence-electron chi connectivity index (χ1n) is 8.08. The summed E-state index contributed by atoms with van der Waals surface area (Å²) in [5, 5.41) is 2.99. The van der Waals surface area contributed by atoms with Crippen LogP contribution in [0.3, 0.4) is 0 Å². The van der Waals surface area contributed by atoms with Crippen LogP contribution in [0, 0.1) is 11.8 Å². The lowest BCUT2D eigenvalue weighted by molar-refractivity contribution is -0.130. The molecule has 0 saturated carbocycles. The Kier molecular flexibility index (Phi) is 5.64. The van der Waals surface area contributed by atoms with E-state index >= 15 is 0 Å². The molecule has 1 saturated heterocycles. The molecular formula is C18H26N2O3. The third-order valence-electron chi connectivity index (χ3n) is 4.45. The van der Waals surface area contributed by atoms with E-state index in [0.717, 1.165) is 11.3 Å². The van der Waals surface area contributed by atoms with Crippen molar-refractivity contribution >= 4 is 11.8 Å². The molecule has 1 aromatic carbocycles. The highest BCUT2D eigenvalue weighted by molar-refractivity contribution is 5.79. The minimum atomic E-state index is -0.0391. The lowest BCUT2D eigenvalue weighted by Crippen LogP contribution is -2.41. The first kappa shape index (κ1) is 17.3. The highest BCUT2D eigenvalue weighted by atomic mass is 16.5. The van der Waals surface area contributed by atoms with Crippen molar-refractivity contribution < 1.29 is 14.3 Å². The molecule has 0 aromatic heterocycles. The Morgan fingerprint density at radius 3 is 2.70 bits per heavy atom. The van der Waals surface area contributed by atoms with E-state index in [1.54, 1.807) is 7.11 Å². The van der Waals surface area contributed by atoms with Crippen molar-refractivity contribution in [3.8, 4) is 5.75 Å². The van der Waals surface area contributed by atoms with Crippen LogP contribution < -0.4 is 10.1 Å². The quantitative estimate of drug-likeness (QED) is 0.901. The first-order chi connectivity index (χ1) is 10.9. The zero-order valence-electron chi connectivity index (χ0n) is 14.3. The SMILES string of the molecule is COc1cccc(CC(=O)N2C[C@@H](NC(C)=O)[C@H](C(C)C)C2)c1. The third-order valence-corrected chi connectivity index (χ3v) is 4.45. The summed E-state index contributed by atoms with van der Waals surface area (Å²) in [6, 6.07) is 7.62. The molecule has 1 heterocycles. The van der Waals surface area contributed by atoms with Gasteiger partial charge in [0.2, 0.25) is 11.8 Å². The summed E-state index contributed by atoms with van der Waals surface area (Å²) in [5.41, 5.74) is 0.943. The van der Waals surface area contributed by atoms with Crippen molar-refractivity contribution in [2.24, 2.45) is 11.8 Å². The highest BCUT2D eigenvalue weighted by Crippen LogP contribution is 2.25. The number of amides is 2. The van der Waals surface area contributed by atoms with Crippen molar-refractivity contribution in [3.05, 3.63) is 29.8 Å². The molecule has 2 atom stereocenters. The van der Waals surface area contributed by atoms with Gasteiger partial charge in [-0.25, -0.2) is 0 Å². The fourth-order valence-corrected chi connectivity index (χ4v) is 3.19. The van der Waals surface area contributed by atoms with Gasteiger partial charge >= 0.3 is 0 Å². The summed E-state index contributed by atoms with van der Waals surface area (Å²) in [6.45, 7) is 7.08. The maximum absolute atomic E-state index is 12.6. The Balaban J connectivity index is 2.03. The van der Waals surface area contributed by atoms with E-state index in [9.17, 15) is 9.59 Å². The van der Waals surface area contributed by atoms with Gasteiger partial charge in [-0.1, -0.05) is 26.0 Å². The Morgan fingerprint density at radius 1 is 1.35 bits per heavy atom. The summed E-state index contributed by atoms with van der Waals surface area (Å²) < 4.78 is 5.20. The molecule has 0 radical (unpaired) electrons. The van der Waals surface area contributed by atoms with Crippen molar-refractivity contribution in [2.75, 3.05) is 20.2 Å². The van der Waals surface area contributed by atoms with E-state index in [4.69, 9.17) is 4.74 Å². The monoisotopic (exact) mass is 318 g/mol. The number of rotatable bonds is 5. The molecule has 1 N–H and O–H groups in total. The minimum absolute atomic E-state index is 0.0391. The lowest BCUT2D eigenvalue weighted by atomic mass is 9.91. The van der Waals surface area contributed by atoms with Gasteiger partial charge in [0.1, 0.15) is 5.75 Å². The van der Waals surface area contributed by atoms with Crippen LogP contribution >= 0.6 is 0 Å². The van der Waals surface area contributed by atoms with Gasteiger partial charge in [0.05, 0.1) is 19.6 Å². The van der Waals surface area contributed by atoms with E-state index in [1.807, 2.05) is 29.2 Å². The van der Waals surface area contributed by atoms with Crippen molar-refractivity contribution in [3.63, 3.8) is 0 Å². The van der Waals surface area contributed by atoms with Gasteiger partial charge in [-0.2, -0.15) is 0 Å². The van der Waals surface area contributed by atoms with Crippen LogP contribution in [0.2, 0.25) is 0 Å². The zero-order valence-corrected chi connectivity index (χ0v) is 14.3. The number of carbonyl (C=O) groups is 2. The molecule has 1 aliphatic heterocycles. The van der Waals surface area contributed by atoms with Crippen LogP contribution in [0.1, 0.15) is 26.3 Å². The first-order valence-corrected chi connectivity index (χ1v) is 8.08. The zero-order chi connectivity index (χ0) is 17.0. The standard InChI is InChI=1S/C18H26N2O3/c1-12(2)16-10-20(11-17(16)19-13(3)21)18(22)9-14-6-5-7-15(8-14)23-4/h5-8,12,16-17H,9-11H2,1-4H3,(H,19,21)/t16-,17+/m0/s1. The number of hydrogen-bond donors (Lipinski definition) is 1. The Hall–Kier alpha value is -2.04. The molecule has 2 rings (SSSR count). The average molecular weight is 318 g/mol. The molecule has 5 nitrogen and oxygen atoms in total. The maximum Gasteiger partial charge on any atom is 0.227 e. The van der Waals surface area contributed by atoms with Crippen LogP contribution in [-0.2, 0) is 16.0 Å². The van der Waals surface area contributed by atoms with Gasteiger partial charge in [-0.3, -0.25) is 9.59 Å². The largest absolute Gasteiger partial charge is 0.497 e. The number of carbonyl (C=O) groups excluding carboxylic acids is 2. The molecule has 126 valence electrons. The second kappa shape index (κ2) is 7.49. The van der Waals surface area contributed by atoms with Crippen LogP contribution in [0.15, 0.2) is 24.3 Å². The molecule has 5 heteroatoms. The van der Waals surface area contributed by atoms with Crippen LogP contribution in [0.25, 0.3) is 0 Å². The molecule has 1 aliphatic rings. The summed E-state index contributed by atoms with van der Waals surface area (Å²) in [7, 11) is 1.62. The molecule has 1 aromatic rings. The van der Waals surface area contributed by atoms with Crippen molar-refractivity contribution in [1.29, 1.82) is 0 Å². The fourth-order valence-electron chi connectivity index (χ4n) is 3.19.